The molecule has 3 atom stereocenters. The number of rotatable bonds is 7. The van der Waals surface area contributed by atoms with Crippen LogP contribution in [0.1, 0.15) is 54.6 Å². The van der Waals surface area contributed by atoms with Crippen molar-refractivity contribution >= 4 is 11.5 Å². The molecule has 4 rings (SSSR count). The number of aliphatic hydroxyl groups is 1. The van der Waals surface area contributed by atoms with Gasteiger partial charge in [0.05, 0.1) is 12.6 Å². The monoisotopic (exact) mass is 467 g/mol. The maximum Gasteiger partial charge on any atom is 0.259 e. The van der Waals surface area contributed by atoms with Crippen LogP contribution in [0.4, 0.5) is 4.39 Å². The second kappa shape index (κ2) is 10.7. The Morgan fingerprint density at radius 3 is 2.85 bits per heavy atom. The normalized spacial score (nSPS) is 21.5. The van der Waals surface area contributed by atoms with Gasteiger partial charge >= 0.3 is 0 Å². The molecule has 182 valence electrons. The Hall–Kier alpha value is -2.77. The number of pyridine rings is 1. The molecule has 2 aromatic rings. The Labute approximate surface area is 201 Å². The van der Waals surface area contributed by atoms with E-state index in [1.54, 1.807) is 23.2 Å². The predicted molar refractivity (Wildman–Crippen MR) is 130 cm³/mol. The van der Waals surface area contributed by atoms with E-state index in [1.165, 1.54) is 11.6 Å². The largest absolute Gasteiger partial charge is 0.472 e. The summed E-state index contributed by atoms with van der Waals surface area (Å²) in [6.07, 6.45) is 6.86. The first-order valence-electron chi connectivity index (χ1n) is 12.1. The molecular formula is C27H34FN3O3. The number of carbonyl (C=O) groups is 1. The van der Waals surface area contributed by atoms with Gasteiger partial charge in [-0.3, -0.25) is 9.69 Å². The van der Waals surface area contributed by atoms with E-state index in [-0.39, 0.29) is 36.4 Å². The maximum atomic E-state index is 14.2. The molecule has 0 saturated heterocycles. The molecule has 0 unspecified atom stereocenters. The number of allylic oxidation sites excluding steroid dienone is 2. The molecule has 1 aromatic carbocycles. The SMILES string of the molecule is C[C@H]1CN([C@@H](C)CO)C(=O)c2cc(C3=CCCC3)cnc2O[C@H]1CN(C)Cc1ccccc1F. The van der Waals surface area contributed by atoms with Crippen LogP contribution < -0.4 is 4.74 Å². The van der Waals surface area contributed by atoms with Crippen molar-refractivity contribution in [1.29, 1.82) is 0 Å². The molecule has 2 heterocycles. The van der Waals surface area contributed by atoms with Crippen molar-refractivity contribution in [2.45, 2.75) is 51.8 Å². The Morgan fingerprint density at radius 2 is 2.15 bits per heavy atom. The molecule has 0 spiro atoms. The van der Waals surface area contributed by atoms with E-state index < -0.39 is 0 Å². The third kappa shape index (κ3) is 5.31. The Morgan fingerprint density at radius 1 is 1.35 bits per heavy atom. The van der Waals surface area contributed by atoms with Gasteiger partial charge < -0.3 is 14.7 Å². The Bertz CT molecular complexity index is 1060. The van der Waals surface area contributed by atoms with Crippen molar-refractivity contribution in [2.24, 2.45) is 5.92 Å². The van der Waals surface area contributed by atoms with Gasteiger partial charge in [0.2, 0.25) is 5.88 Å². The molecule has 6 nitrogen and oxygen atoms in total. The lowest BCUT2D eigenvalue weighted by atomic mass is 9.99. The summed E-state index contributed by atoms with van der Waals surface area (Å²) in [5.41, 5.74) is 3.22. The van der Waals surface area contributed by atoms with Crippen molar-refractivity contribution in [3.63, 3.8) is 0 Å². The summed E-state index contributed by atoms with van der Waals surface area (Å²) in [6.45, 7) is 5.20. The zero-order valence-electron chi connectivity index (χ0n) is 20.2. The molecule has 0 saturated carbocycles. The van der Waals surface area contributed by atoms with Crippen LogP contribution in [-0.2, 0) is 6.54 Å². The molecule has 0 radical (unpaired) electrons. The predicted octanol–water partition coefficient (Wildman–Crippen LogP) is 4.14. The van der Waals surface area contributed by atoms with Crippen LogP contribution in [0.5, 0.6) is 5.88 Å². The van der Waals surface area contributed by atoms with Gasteiger partial charge in [-0.2, -0.15) is 0 Å². The van der Waals surface area contributed by atoms with Crippen LogP contribution in [0, 0.1) is 11.7 Å². The lowest BCUT2D eigenvalue weighted by Gasteiger charge is -2.37. The number of nitrogens with zero attached hydrogens (tertiary/aromatic N) is 3. The lowest BCUT2D eigenvalue weighted by molar-refractivity contribution is 0.0324. The van der Waals surface area contributed by atoms with E-state index in [1.807, 2.05) is 37.9 Å². The molecule has 7 heteroatoms. The number of aliphatic hydroxyl groups excluding tert-OH is 1. The molecule has 1 aliphatic carbocycles. The molecule has 2 aliphatic rings. The van der Waals surface area contributed by atoms with Gasteiger partial charge in [0.15, 0.2) is 0 Å². The van der Waals surface area contributed by atoms with Crippen LogP contribution >= 0.6 is 0 Å². The first kappa shape index (κ1) is 24.4. The standard InChI is InChI=1S/C27H34FN3O3/c1-18-14-31(19(2)17-32)27(33)23-12-22(20-8-4-5-9-20)13-29-26(23)34-25(18)16-30(3)15-21-10-6-7-11-24(21)28/h6-8,10-13,18-19,25,32H,4-5,9,14-17H2,1-3H3/t18-,19-,25-/m0/s1. The highest BCUT2D eigenvalue weighted by molar-refractivity contribution is 5.97. The minimum Gasteiger partial charge on any atom is -0.472 e. The number of carbonyl (C=O) groups excluding carboxylic acids is 1. The third-order valence-electron chi connectivity index (χ3n) is 6.82. The molecule has 34 heavy (non-hydrogen) atoms. The Balaban J connectivity index is 1.62. The van der Waals surface area contributed by atoms with Gasteiger partial charge in [-0.25, -0.2) is 9.37 Å². The molecule has 1 aliphatic heterocycles. The van der Waals surface area contributed by atoms with Crippen LogP contribution in [0.15, 0.2) is 42.6 Å². The first-order valence-corrected chi connectivity index (χ1v) is 12.1. The summed E-state index contributed by atoms with van der Waals surface area (Å²) >= 11 is 0. The lowest BCUT2D eigenvalue weighted by Crippen LogP contribution is -2.49. The summed E-state index contributed by atoms with van der Waals surface area (Å²) in [5, 5.41) is 9.84. The molecule has 1 N–H and O–H groups in total. The highest BCUT2D eigenvalue weighted by atomic mass is 19.1. The van der Waals surface area contributed by atoms with E-state index >= 15 is 0 Å². The van der Waals surface area contributed by atoms with Crippen LogP contribution in [0.3, 0.4) is 0 Å². The summed E-state index contributed by atoms with van der Waals surface area (Å²) in [5.74, 6) is -0.101. The van der Waals surface area contributed by atoms with Crippen LogP contribution in [0.25, 0.3) is 5.57 Å². The number of aromatic nitrogens is 1. The van der Waals surface area contributed by atoms with Crippen molar-refractivity contribution < 1.29 is 19.0 Å². The van der Waals surface area contributed by atoms with Gasteiger partial charge in [0, 0.05) is 37.3 Å². The van der Waals surface area contributed by atoms with E-state index in [4.69, 9.17) is 4.74 Å². The third-order valence-corrected chi connectivity index (χ3v) is 6.82. The fourth-order valence-electron chi connectivity index (χ4n) is 4.72. The summed E-state index contributed by atoms with van der Waals surface area (Å²) in [6, 6.07) is 8.33. The van der Waals surface area contributed by atoms with Crippen molar-refractivity contribution in [3.8, 4) is 5.88 Å². The maximum absolute atomic E-state index is 14.2. The fourth-order valence-corrected chi connectivity index (χ4v) is 4.72. The van der Waals surface area contributed by atoms with Crippen LogP contribution in [-0.4, -0.2) is 64.7 Å². The van der Waals surface area contributed by atoms with E-state index in [2.05, 4.69) is 11.1 Å². The average Bonchev–Trinajstić information content (AvgIpc) is 3.37. The second-order valence-corrected chi connectivity index (χ2v) is 9.61. The van der Waals surface area contributed by atoms with Gasteiger partial charge in [0.1, 0.15) is 17.5 Å². The number of amides is 1. The number of hydrogen-bond donors (Lipinski definition) is 1. The van der Waals surface area contributed by atoms with Crippen LogP contribution in [0.2, 0.25) is 0 Å². The first-order chi connectivity index (χ1) is 16.4. The zero-order valence-corrected chi connectivity index (χ0v) is 20.2. The summed E-state index contributed by atoms with van der Waals surface area (Å²) < 4.78 is 20.5. The number of halogens is 1. The summed E-state index contributed by atoms with van der Waals surface area (Å²) in [4.78, 5) is 21.9. The second-order valence-electron chi connectivity index (χ2n) is 9.61. The highest BCUT2D eigenvalue weighted by Crippen LogP contribution is 2.32. The van der Waals surface area contributed by atoms with Gasteiger partial charge in [-0.05, 0) is 56.5 Å². The number of fused-ring (bicyclic) bond motifs is 1. The van der Waals surface area contributed by atoms with Crippen molar-refractivity contribution in [2.75, 3.05) is 26.7 Å². The van der Waals surface area contributed by atoms with Gasteiger partial charge in [0.25, 0.3) is 5.91 Å². The molecule has 0 fully saturated rings. The summed E-state index contributed by atoms with van der Waals surface area (Å²) in [7, 11) is 1.94. The molecule has 1 aromatic heterocycles. The number of ether oxygens (including phenoxy) is 1. The molecular weight excluding hydrogens is 433 g/mol. The van der Waals surface area contributed by atoms with E-state index in [9.17, 15) is 14.3 Å². The topological polar surface area (TPSA) is 65.9 Å². The molecule has 0 bridgehead atoms. The van der Waals surface area contributed by atoms with E-state index in [0.29, 0.717) is 36.6 Å². The minimum atomic E-state index is -0.327. The van der Waals surface area contributed by atoms with Crippen molar-refractivity contribution in [1.82, 2.24) is 14.8 Å². The average molecular weight is 468 g/mol. The van der Waals surface area contributed by atoms with Gasteiger partial charge in [-0.15, -0.1) is 0 Å². The fraction of sp³-hybridized carbons (Fsp3) is 0.481. The Kier molecular flexibility index (Phi) is 7.63. The van der Waals surface area contributed by atoms with E-state index in [0.717, 1.165) is 24.8 Å². The smallest absolute Gasteiger partial charge is 0.259 e. The number of benzene rings is 1. The quantitative estimate of drug-likeness (QED) is 0.663. The zero-order chi connectivity index (χ0) is 24.2. The van der Waals surface area contributed by atoms with Crippen molar-refractivity contribution in [3.05, 3.63) is 65.1 Å². The number of hydrogen-bond acceptors (Lipinski definition) is 5. The molecule has 1 amide bonds. The highest BCUT2D eigenvalue weighted by Gasteiger charge is 2.34. The van der Waals surface area contributed by atoms with Gasteiger partial charge in [-0.1, -0.05) is 31.2 Å². The number of likely N-dealkylation sites (N-methyl/N-ethyl adjacent to an activating group) is 1. The minimum absolute atomic E-state index is 0.0202.